The number of fused-ring (bicyclic) bond motifs is 1. The Balaban J connectivity index is 1.92. The average Bonchev–Trinajstić information content (AvgIpc) is 2.35. The third-order valence-electron chi connectivity index (χ3n) is 3.20. The van der Waals surface area contributed by atoms with Crippen LogP contribution in [0.5, 0.6) is 5.75 Å². The van der Waals surface area contributed by atoms with E-state index in [4.69, 9.17) is 9.47 Å². The second kappa shape index (κ2) is 6.21. The van der Waals surface area contributed by atoms with E-state index in [0.29, 0.717) is 13.2 Å². The quantitative estimate of drug-likeness (QED) is 0.817. The van der Waals surface area contributed by atoms with Gasteiger partial charge in [-0.25, -0.2) is 0 Å². The number of aliphatic hydroxyl groups is 1. The van der Waals surface area contributed by atoms with E-state index in [-0.39, 0.29) is 12.2 Å². The summed E-state index contributed by atoms with van der Waals surface area (Å²) in [6.45, 7) is 5.16. The van der Waals surface area contributed by atoms with Crippen molar-refractivity contribution < 1.29 is 14.6 Å². The van der Waals surface area contributed by atoms with E-state index in [1.165, 1.54) is 5.56 Å². The molecule has 3 heteroatoms. The molecule has 0 saturated carbocycles. The van der Waals surface area contributed by atoms with Gasteiger partial charge in [-0.2, -0.15) is 0 Å². The fraction of sp³-hybridized carbons (Fsp3) is 0.600. The minimum atomic E-state index is -0.329. The zero-order valence-corrected chi connectivity index (χ0v) is 11.2. The van der Waals surface area contributed by atoms with Crippen LogP contribution < -0.4 is 4.74 Å². The van der Waals surface area contributed by atoms with Crippen molar-refractivity contribution in [2.45, 2.75) is 45.3 Å². The molecule has 0 amide bonds. The molecule has 0 fully saturated rings. The van der Waals surface area contributed by atoms with Gasteiger partial charge in [-0.3, -0.25) is 0 Å². The molecule has 0 bridgehead atoms. The topological polar surface area (TPSA) is 38.7 Å². The van der Waals surface area contributed by atoms with Crippen LogP contribution in [0, 0.1) is 0 Å². The van der Waals surface area contributed by atoms with Crippen LogP contribution in [0.15, 0.2) is 18.2 Å². The number of aliphatic hydroxyl groups excluding tert-OH is 1. The van der Waals surface area contributed by atoms with Gasteiger partial charge < -0.3 is 14.6 Å². The lowest BCUT2D eigenvalue weighted by Gasteiger charge is -2.22. The largest absolute Gasteiger partial charge is 0.491 e. The van der Waals surface area contributed by atoms with Crippen LogP contribution in [-0.2, 0) is 11.2 Å². The van der Waals surface area contributed by atoms with Crippen molar-refractivity contribution in [3.05, 3.63) is 29.3 Å². The van der Waals surface area contributed by atoms with Crippen molar-refractivity contribution in [1.82, 2.24) is 0 Å². The predicted molar refractivity (Wildman–Crippen MR) is 70.9 cm³/mol. The van der Waals surface area contributed by atoms with Crippen LogP contribution in [-0.4, -0.2) is 24.4 Å². The molecule has 0 radical (unpaired) electrons. The van der Waals surface area contributed by atoms with Crippen LogP contribution in [0.4, 0.5) is 0 Å². The van der Waals surface area contributed by atoms with Crippen LogP contribution in [0.3, 0.4) is 0 Å². The van der Waals surface area contributed by atoms with Crippen LogP contribution in [0.2, 0.25) is 0 Å². The van der Waals surface area contributed by atoms with Gasteiger partial charge in [0.25, 0.3) is 0 Å². The smallest absolute Gasteiger partial charge is 0.119 e. The SMILES string of the molecule is CC(C)OCCOc1ccc2c(c1)[C@@H](O)CCC2. The molecule has 18 heavy (non-hydrogen) atoms. The van der Waals surface area contributed by atoms with Gasteiger partial charge in [-0.05, 0) is 56.4 Å². The fourth-order valence-electron chi connectivity index (χ4n) is 2.29. The standard InChI is InChI=1S/C15H22O3/c1-11(2)17-8-9-18-13-7-6-12-4-3-5-15(16)14(12)10-13/h6-7,10-11,15-16H,3-5,8-9H2,1-2H3/t15-/m0/s1. The number of hydrogen-bond donors (Lipinski definition) is 1. The zero-order chi connectivity index (χ0) is 13.0. The maximum Gasteiger partial charge on any atom is 0.119 e. The molecule has 1 aromatic carbocycles. The van der Waals surface area contributed by atoms with Gasteiger partial charge in [-0.1, -0.05) is 6.07 Å². The average molecular weight is 250 g/mol. The molecule has 2 rings (SSSR count). The molecule has 1 aliphatic carbocycles. The van der Waals surface area contributed by atoms with Crippen molar-refractivity contribution in [3.63, 3.8) is 0 Å². The summed E-state index contributed by atoms with van der Waals surface area (Å²) in [4.78, 5) is 0. The van der Waals surface area contributed by atoms with E-state index in [9.17, 15) is 5.11 Å². The van der Waals surface area contributed by atoms with Gasteiger partial charge >= 0.3 is 0 Å². The normalized spacial score (nSPS) is 18.8. The van der Waals surface area contributed by atoms with Crippen LogP contribution in [0.1, 0.15) is 43.9 Å². The summed E-state index contributed by atoms with van der Waals surface area (Å²) in [5.74, 6) is 0.821. The summed E-state index contributed by atoms with van der Waals surface area (Å²) < 4.78 is 11.1. The monoisotopic (exact) mass is 250 g/mol. The first-order chi connectivity index (χ1) is 8.66. The Morgan fingerprint density at radius 2 is 2.17 bits per heavy atom. The fourth-order valence-corrected chi connectivity index (χ4v) is 2.29. The van der Waals surface area contributed by atoms with E-state index in [2.05, 4.69) is 6.07 Å². The first-order valence-electron chi connectivity index (χ1n) is 6.72. The molecular weight excluding hydrogens is 228 g/mol. The third kappa shape index (κ3) is 3.47. The Hall–Kier alpha value is -1.06. The van der Waals surface area contributed by atoms with E-state index in [1.807, 2.05) is 26.0 Å². The van der Waals surface area contributed by atoms with Crippen molar-refractivity contribution >= 4 is 0 Å². The minimum absolute atomic E-state index is 0.235. The molecular formula is C15H22O3. The van der Waals surface area contributed by atoms with E-state index >= 15 is 0 Å². The lowest BCUT2D eigenvalue weighted by Crippen LogP contribution is -2.12. The second-order valence-electron chi connectivity index (χ2n) is 5.04. The highest BCUT2D eigenvalue weighted by Crippen LogP contribution is 2.32. The Bertz CT molecular complexity index is 387. The highest BCUT2D eigenvalue weighted by Gasteiger charge is 2.18. The zero-order valence-electron chi connectivity index (χ0n) is 11.2. The van der Waals surface area contributed by atoms with Gasteiger partial charge in [0, 0.05) is 0 Å². The molecule has 0 heterocycles. The number of ether oxygens (including phenoxy) is 2. The molecule has 1 atom stereocenters. The first-order valence-corrected chi connectivity index (χ1v) is 6.72. The maximum absolute atomic E-state index is 9.95. The van der Waals surface area contributed by atoms with Gasteiger partial charge in [0.15, 0.2) is 0 Å². The van der Waals surface area contributed by atoms with E-state index < -0.39 is 0 Å². The maximum atomic E-state index is 9.95. The second-order valence-corrected chi connectivity index (χ2v) is 5.04. The molecule has 1 N–H and O–H groups in total. The minimum Gasteiger partial charge on any atom is -0.491 e. The van der Waals surface area contributed by atoms with E-state index in [0.717, 1.165) is 30.6 Å². The van der Waals surface area contributed by atoms with Crippen LogP contribution in [0.25, 0.3) is 0 Å². The molecule has 0 unspecified atom stereocenters. The van der Waals surface area contributed by atoms with Crippen LogP contribution >= 0.6 is 0 Å². The Labute approximate surface area is 109 Å². The lowest BCUT2D eigenvalue weighted by molar-refractivity contribution is 0.0551. The van der Waals surface area contributed by atoms with Crippen molar-refractivity contribution in [2.24, 2.45) is 0 Å². The van der Waals surface area contributed by atoms with Crippen molar-refractivity contribution in [3.8, 4) is 5.75 Å². The summed E-state index contributed by atoms with van der Waals surface area (Å²) in [5, 5.41) is 9.95. The number of benzene rings is 1. The number of aryl methyl sites for hydroxylation is 1. The summed E-state index contributed by atoms with van der Waals surface area (Å²) >= 11 is 0. The van der Waals surface area contributed by atoms with E-state index in [1.54, 1.807) is 0 Å². The van der Waals surface area contributed by atoms with Gasteiger partial charge in [0.1, 0.15) is 12.4 Å². The molecule has 0 saturated heterocycles. The summed E-state index contributed by atoms with van der Waals surface area (Å²) in [6.07, 6.45) is 2.88. The molecule has 100 valence electrons. The van der Waals surface area contributed by atoms with Gasteiger partial charge in [-0.15, -0.1) is 0 Å². The summed E-state index contributed by atoms with van der Waals surface area (Å²) in [6, 6.07) is 6.01. The highest BCUT2D eigenvalue weighted by molar-refractivity contribution is 5.38. The first kappa shape index (κ1) is 13.4. The summed E-state index contributed by atoms with van der Waals surface area (Å²) in [7, 11) is 0. The Morgan fingerprint density at radius 3 is 2.94 bits per heavy atom. The summed E-state index contributed by atoms with van der Waals surface area (Å²) in [5.41, 5.74) is 2.28. The lowest BCUT2D eigenvalue weighted by atomic mass is 9.89. The number of hydrogen-bond acceptors (Lipinski definition) is 3. The predicted octanol–water partition coefficient (Wildman–Crippen LogP) is 2.86. The molecule has 1 aromatic rings. The molecule has 3 nitrogen and oxygen atoms in total. The highest BCUT2D eigenvalue weighted by atomic mass is 16.5. The Kier molecular flexibility index (Phi) is 4.61. The molecule has 0 spiro atoms. The molecule has 0 aromatic heterocycles. The third-order valence-corrected chi connectivity index (χ3v) is 3.20. The Morgan fingerprint density at radius 1 is 1.33 bits per heavy atom. The van der Waals surface area contributed by atoms with Gasteiger partial charge in [0.05, 0.1) is 18.8 Å². The molecule has 1 aliphatic rings. The van der Waals surface area contributed by atoms with Crippen molar-refractivity contribution in [2.75, 3.05) is 13.2 Å². The molecule has 0 aliphatic heterocycles. The van der Waals surface area contributed by atoms with Gasteiger partial charge in [0.2, 0.25) is 0 Å². The van der Waals surface area contributed by atoms with Crippen molar-refractivity contribution in [1.29, 1.82) is 0 Å². The number of rotatable bonds is 5.